The van der Waals surface area contributed by atoms with Gasteiger partial charge in [0.05, 0.1) is 0 Å². The molecule has 0 aliphatic carbocycles. The number of hydrogen-bond acceptors (Lipinski definition) is 3. The molecule has 0 fully saturated rings. The molecule has 0 N–H and O–H groups in total. The van der Waals surface area contributed by atoms with E-state index in [2.05, 4.69) is 22.0 Å². The molecule has 0 bridgehead atoms. The van der Waals surface area contributed by atoms with Crippen molar-refractivity contribution in [3.05, 3.63) is 46.8 Å². The second-order valence-corrected chi connectivity index (χ2v) is 5.22. The van der Waals surface area contributed by atoms with Crippen molar-refractivity contribution >= 4 is 33.9 Å². The van der Waals surface area contributed by atoms with Gasteiger partial charge in [-0.15, -0.1) is 0 Å². The van der Waals surface area contributed by atoms with Crippen LogP contribution in [0, 0.1) is 6.92 Å². The van der Waals surface area contributed by atoms with Gasteiger partial charge in [0.15, 0.2) is 0 Å². The zero-order valence-corrected chi connectivity index (χ0v) is 11.4. The van der Waals surface area contributed by atoms with E-state index in [9.17, 15) is 4.79 Å². The third-order valence-electron chi connectivity index (χ3n) is 2.55. The van der Waals surface area contributed by atoms with E-state index in [0.29, 0.717) is 6.42 Å². The van der Waals surface area contributed by atoms with Gasteiger partial charge in [0.1, 0.15) is 0 Å². The summed E-state index contributed by atoms with van der Waals surface area (Å²) in [6, 6.07) is 12.2. The second-order valence-electron chi connectivity index (χ2n) is 3.72. The Bertz CT molecular complexity index is 519. The van der Waals surface area contributed by atoms with Crippen LogP contribution in [0.15, 0.2) is 36.4 Å². The summed E-state index contributed by atoms with van der Waals surface area (Å²) < 4.78 is 4.61. The summed E-state index contributed by atoms with van der Waals surface area (Å²) in [5, 5.41) is 0. The molecule has 1 aromatic carbocycles. The van der Waals surface area contributed by atoms with Crippen LogP contribution in [0.4, 0.5) is 0 Å². The van der Waals surface area contributed by atoms with E-state index in [1.54, 1.807) is 11.3 Å². The SMILES string of the molecule is Cc1sc(-c2ccccc2)cc1CC(=O)[O][Al+2]. The first-order chi connectivity index (χ1) is 8.20. The predicted octanol–water partition coefficient (Wildman–Crippen LogP) is 2.89. The molecule has 0 saturated heterocycles. The van der Waals surface area contributed by atoms with Gasteiger partial charge in [-0.05, 0) is 0 Å². The van der Waals surface area contributed by atoms with Crippen LogP contribution >= 0.6 is 11.3 Å². The molecule has 0 radical (unpaired) electrons. The summed E-state index contributed by atoms with van der Waals surface area (Å²) in [7, 11) is 0. The van der Waals surface area contributed by atoms with Crippen LogP contribution in [0.2, 0.25) is 0 Å². The summed E-state index contributed by atoms with van der Waals surface area (Å²) in [6.07, 6.45) is 0.332. The van der Waals surface area contributed by atoms with Crippen molar-refractivity contribution in [2.45, 2.75) is 13.3 Å². The molecular weight excluding hydrogens is 247 g/mol. The van der Waals surface area contributed by atoms with Crippen LogP contribution in [0.3, 0.4) is 0 Å². The summed E-state index contributed by atoms with van der Waals surface area (Å²) in [4.78, 5) is 13.6. The monoisotopic (exact) mass is 258 g/mol. The van der Waals surface area contributed by atoms with Crippen molar-refractivity contribution in [2.75, 3.05) is 0 Å². The first-order valence-electron chi connectivity index (χ1n) is 5.25. The first kappa shape index (κ1) is 12.4. The summed E-state index contributed by atoms with van der Waals surface area (Å²) >= 11 is 3.69. The van der Waals surface area contributed by atoms with Gasteiger partial charge in [-0.3, -0.25) is 0 Å². The number of hydrogen-bond donors (Lipinski definition) is 0. The molecule has 0 amide bonds. The Morgan fingerprint density at radius 3 is 2.71 bits per heavy atom. The van der Waals surface area contributed by atoms with Crippen molar-refractivity contribution in [2.24, 2.45) is 0 Å². The molecule has 2 rings (SSSR count). The Balaban J connectivity index is 2.28. The molecule has 0 aliphatic heterocycles. The zero-order valence-electron chi connectivity index (χ0n) is 9.47. The van der Waals surface area contributed by atoms with E-state index in [0.717, 1.165) is 5.56 Å². The Hall–Kier alpha value is -1.08. The molecule has 2 nitrogen and oxygen atoms in total. The van der Waals surface area contributed by atoms with Crippen LogP contribution in [-0.2, 0) is 15.0 Å². The second kappa shape index (κ2) is 5.50. The first-order valence-corrected chi connectivity index (χ1v) is 6.54. The molecule has 4 heteroatoms. The maximum atomic E-state index is 11.2. The van der Waals surface area contributed by atoms with E-state index in [1.807, 2.05) is 41.7 Å². The van der Waals surface area contributed by atoms with Gasteiger partial charge in [-0.2, -0.15) is 0 Å². The average Bonchev–Trinajstić information content (AvgIpc) is 2.72. The fourth-order valence-electron chi connectivity index (χ4n) is 1.64. The van der Waals surface area contributed by atoms with Crippen LogP contribution in [0.5, 0.6) is 0 Å². The number of thiophene rings is 1. The van der Waals surface area contributed by atoms with Crippen molar-refractivity contribution in [1.82, 2.24) is 0 Å². The molecule has 17 heavy (non-hydrogen) atoms. The fraction of sp³-hybridized carbons (Fsp3) is 0.154. The Kier molecular flexibility index (Phi) is 4.01. The number of benzene rings is 1. The van der Waals surface area contributed by atoms with Gasteiger partial charge in [0.25, 0.3) is 0 Å². The zero-order chi connectivity index (χ0) is 12.3. The third kappa shape index (κ3) is 2.98. The molecule has 1 aromatic heterocycles. The van der Waals surface area contributed by atoms with E-state index in [-0.39, 0.29) is 5.97 Å². The minimum atomic E-state index is -0.226. The fourth-order valence-corrected chi connectivity index (χ4v) is 2.77. The third-order valence-corrected chi connectivity index (χ3v) is 3.95. The number of rotatable bonds is 3. The molecule has 2 aromatic rings. The van der Waals surface area contributed by atoms with Crippen LogP contribution < -0.4 is 0 Å². The minimum absolute atomic E-state index is 0.226. The summed E-state index contributed by atoms with van der Waals surface area (Å²) in [5.41, 5.74) is 2.23. The molecule has 0 atom stereocenters. The Labute approximate surface area is 113 Å². The van der Waals surface area contributed by atoms with Gasteiger partial charge < -0.3 is 0 Å². The molecule has 1 heterocycles. The van der Waals surface area contributed by atoms with E-state index < -0.39 is 0 Å². The molecule has 0 spiro atoms. The Morgan fingerprint density at radius 2 is 2.06 bits per heavy atom. The maximum absolute atomic E-state index is 11.2. The normalized spacial score (nSPS) is 10.3. The summed E-state index contributed by atoms with van der Waals surface area (Å²) in [6.45, 7) is 2.03. The Morgan fingerprint density at radius 1 is 1.35 bits per heavy atom. The van der Waals surface area contributed by atoms with Gasteiger partial charge in [-0.1, -0.05) is 0 Å². The number of aryl methyl sites for hydroxylation is 1. The molecule has 0 unspecified atom stereocenters. The molecular formula is C13H11AlO2S+2. The van der Waals surface area contributed by atoms with Gasteiger partial charge in [-0.25, -0.2) is 0 Å². The average molecular weight is 258 g/mol. The van der Waals surface area contributed by atoms with Gasteiger partial charge in [0.2, 0.25) is 0 Å². The molecule has 0 aliphatic rings. The topological polar surface area (TPSA) is 26.3 Å². The van der Waals surface area contributed by atoms with Crippen molar-refractivity contribution < 1.29 is 8.58 Å². The van der Waals surface area contributed by atoms with Crippen LogP contribution in [0.25, 0.3) is 10.4 Å². The molecule has 82 valence electrons. The van der Waals surface area contributed by atoms with E-state index >= 15 is 0 Å². The quantitative estimate of drug-likeness (QED) is 0.791. The van der Waals surface area contributed by atoms with Gasteiger partial charge in [0, 0.05) is 0 Å². The number of carbonyl (C=O) groups excluding carboxylic acids is 1. The van der Waals surface area contributed by atoms with Gasteiger partial charge >= 0.3 is 113 Å². The van der Waals surface area contributed by atoms with Crippen LogP contribution in [-0.4, -0.2) is 22.6 Å². The van der Waals surface area contributed by atoms with Crippen molar-refractivity contribution in [3.63, 3.8) is 0 Å². The van der Waals surface area contributed by atoms with Crippen molar-refractivity contribution in [1.29, 1.82) is 0 Å². The van der Waals surface area contributed by atoms with E-state index in [4.69, 9.17) is 0 Å². The van der Waals surface area contributed by atoms with E-state index in [1.165, 1.54) is 15.3 Å². The number of carbonyl (C=O) groups is 1. The standard InChI is InChI=1S/C13H12O2S.Al/c1-9-11(8-13(14)15)7-12(16-9)10-5-3-2-4-6-10;/h2-7H,8H2,1H3,(H,14,15);/q;+3/p-1. The summed E-state index contributed by atoms with van der Waals surface area (Å²) in [5.74, 6) is -0.226. The molecule has 0 saturated carbocycles. The van der Waals surface area contributed by atoms with Crippen molar-refractivity contribution in [3.8, 4) is 10.4 Å². The van der Waals surface area contributed by atoms with Crippen LogP contribution in [0.1, 0.15) is 10.4 Å². The predicted molar refractivity (Wildman–Crippen MR) is 70.0 cm³/mol.